The van der Waals surface area contributed by atoms with Gasteiger partial charge in [0.1, 0.15) is 0 Å². The Morgan fingerprint density at radius 3 is 3.00 bits per heavy atom. The van der Waals surface area contributed by atoms with E-state index in [9.17, 15) is 9.90 Å². The summed E-state index contributed by atoms with van der Waals surface area (Å²) >= 11 is 4.93. The van der Waals surface area contributed by atoms with Crippen molar-refractivity contribution in [2.45, 2.75) is 24.9 Å². The number of nitrogens with zero attached hydrogens (tertiary/aromatic N) is 1. The minimum absolute atomic E-state index is 0.0912. The van der Waals surface area contributed by atoms with E-state index in [0.717, 1.165) is 15.8 Å². The SMILES string of the molecule is NCC1(O)CC(C(=O)Nc2ncc(Cc3cccc(Br)c3)s2)C1. The lowest BCUT2D eigenvalue weighted by Crippen LogP contribution is -2.53. The summed E-state index contributed by atoms with van der Waals surface area (Å²) in [5.41, 5.74) is 5.80. The minimum Gasteiger partial charge on any atom is -0.389 e. The van der Waals surface area contributed by atoms with Gasteiger partial charge in [0, 0.05) is 34.4 Å². The van der Waals surface area contributed by atoms with E-state index in [1.54, 1.807) is 6.20 Å². The lowest BCUT2D eigenvalue weighted by atomic mass is 9.70. The molecule has 122 valence electrons. The van der Waals surface area contributed by atoms with Crippen LogP contribution in [-0.2, 0) is 11.2 Å². The number of benzene rings is 1. The first kappa shape index (κ1) is 16.6. The number of aliphatic hydroxyl groups is 1. The Labute approximate surface area is 147 Å². The molecule has 0 radical (unpaired) electrons. The molecule has 7 heteroatoms. The molecule has 2 aromatic rings. The maximum Gasteiger partial charge on any atom is 0.229 e. The molecular formula is C16H18BrN3O2S. The highest BCUT2D eigenvalue weighted by Crippen LogP contribution is 2.37. The van der Waals surface area contributed by atoms with Crippen molar-refractivity contribution >= 4 is 38.3 Å². The van der Waals surface area contributed by atoms with Crippen LogP contribution in [-0.4, -0.2) is 28.1 Å². The standard InChI is InChI=1S/C16H18BrN3O2S/c17-12-3-1-2-10(4-12)5-13-8-19-15(23-13)20-14(21)11-6-16(22,7-11)9-18/h1-4,8,11,22H,5-7,9,18H2,(H,19,20,21). The number of thiazole rings is 1. The summed E-state index contributed by atoms with van der Waals surface area (Å²) in [5.74, 6) is -0.271. The molecule has 1 fully saturated rings. The van der Waals surface area contributed by atoms with Gasteiger partial charge in [-0.3, -0.25) is 4.79 Å². The van der Waals surface area contributed by atoms with Crippen LogP contribution < -0.4 is 11.1 Å². The Bertz CT molecular complexity index is 713. The van der Waals surface area contributed by atoms with E-state index in [2.05, 4.69) is 38.4 Å². The van der Waals surface area contributed by atoms with E-state index < -0.39 is 5.60 Å². The van der Waals surface area contributed by atoms with Crippen LogP contribution in [0, 0.1) is 5.92 Å². The number of rotatable bonds is 5. The molecule has 0 aliphatic heterocycles. The molecule has 1 amide bonds. The molecule has 1 aromatic carbocycles. The van der Waals surface area contributed by atoms with Crippen LogP contribution >= 0.6 is 27.3 Å². The predicted octanol–water partition coefficient (Wildman–Crippen LogP) is 2.53. The van der Waals surface area contributed by atoms with Crippen molar-refractivity contribution in [3.63, 3.8) is 0 Å². The van der Waals surface area contributed by atoms with Gasteiger partial charge in [0.2, 0.25) is 5.91 Å². The molecule has 4 N–H and O–H groups in total. The fraction of sp³-hybridized carbons (Fsp3) is 0.375. The van der Waals surface area contributed by atoms with E-state index in [0.29, 0.717) is 18.0 Å². The lowest BCUT2D eigenvalue weighted by molar-refractivity contribution is -0.134. The topological polar surface area (TPSA) is 88.2 Å². The number of nitrogens with two attached hydrogens (primary N) is 1. The molecule has 0 saturated heterocycles. The van der Waals surface area contributed by atoms with Gasteiger partial charge < -0.3 is 16.2 Å². The van der Waals surface area contributed by atoms with Crippen LogP contribution in [0.4, 0.5) is 5.13 Å². The van der Waals surface area contributed by atoms with Gasteiger partial charge in [0.25, 0.3) is 0 Å². The van der Waals surface area contributed by atoms with Gasteiger partial charge in [-0.25, -0.2) is 4.98 Å². The molecule has 0 unspecified atom stereocenters. The Hall–Kier alpha value is -1.28. The van der Waals surface area contributed by atoms with E-state index in [1.165, 1.54) is 16.9 Å². The van der Waals surface area contributed by atoms with E-state index in [4.69, 9.17) is 5.73 Å². The van der Waals surface area contributed by atoms with Gasteiger partial charge in [0.05, 0.1) is 5.60 Å². The monoisotopic (exact) mass is 395 g/mol. The maximum atomic E-state index is 12.1. The summed E-state index contributed by atoms with van der Waals surface area (Å²) in [6.07, 6.45) is 3.42. The first-order valence-corrected chi connectivity index (χ1v) is 9.01. The fourth-order valence-corrected chi connectivity index (χ4v) is 4.01. The zero-order valence-electron chi connectivity index (χ0n) is 12.5. The third-order valence-electron chi connectivity index (χ3n) is 4.05. The first-order valence-electron chi connectivity index (χ1n) is 7.40. The van der Waals surface area contributed by atoms with Gasteiger partial charge in [-0.15, -0.1) is 11.3 Å². The number of aromatic nitrogens is 1. The fourth-order valence-electron chi connectivity index (χ4n) is 2.71. The van der Waals surface area contributed by atoms with E-state index in [1.807, 2.05) is 12.1 Å². The largest absolute Gasteiger partial charge is 0.389 e. The molecule has 1 heterocycles. The van der Waals surface area contributed by atoms with Crippen molar-refractivity contribution in [3.8, 4) is 0 Å². The first-order chi connectivity index (χ1) is 11.0. The van der Waals surface area contributed by atoms with Crippen molar-refractivity contribution in [2.75, 3.05) is 11.9 Å². The van der Waals surface area contributed by atoms with Crippen molar-refractivity contribution in [2.24, 2.45) is 11.7 Å². The Balaban J connectivity index is 1.56. The third-order valence-corrected chi connectivity index (χ3v) is 5.46. The van der Waals surface area contributed by atoms with Crippen LogP contribution in [0.2, 0.25) is 0 Å². The number of hydrogen-bond donors (Lipinski definition) is 3. The average Bonchev–Trinajstić information content (AvgIpc) is 2.91. The lowest BCUT2D eigenvalue weighted by Gasteiger charge is -2.41. The highest BCUT2D eigenvalue weighted by atomic mass is 79.9. The normalized spacial score (nSPS) is 23.3. The smallest absolute Gasteiger partial charge is 0.229 e. The minimum atomic E-state index is -0.864. The van der Waals surface area contributed by atoms with Crippen molar-refractivity contribution in [1.82, 2.24) is 4.98 Å². The molecule has 0 bridgehead atoms. The second kappa shape index (κ2) is 6.68. The molecule has 1 aliphatic carbocycles. The molecule has 1 aromatic heterocycles. The molecule has 0 atom stereocenters. The highest BCUT2D eigenvalue weighted by molar-refractivity contribution is 9.10. The maximum absolute atomic E-state index is 12.1. The molecule has 1 saturated carbocycles. The summed E-state index contributed by atoms with van der Waals surface area (Å²) < 4.78 is 1.05. The number of carbonyl (C=O) groups is 1. The Morgan fingerprint density at radius 2 is 2.30 bits per heavy atom. The highest BCUT2D eigenvalue weighted by Gasteiger charge is 2.45. The number of halogens is 1. The summed E-state index contributed by atoms with van der Waals surface area (Å²) in [4.78, 5) is 17.5. The number of carbonyl (C=O) groups excluding carboxylic acids is 1. The van der Waals surface area contributed by atoms with Crippen LogP contribution in [0.15, 0.2) is 34.9 Å². The van der Waals surface area contributed by atoms with Crippen LogP contribution in [0.3, 0.4) is 0 Å². The van der Waals surface area contributed by atoms with Crippen LogP contribution in [0.5, 0.6) is 0 Å². The third kappa shape index (κ3) is 3.98. The summed E-state index contributed by atoms with van der Waals surface area (Å²) in [6.45, 7) is 0.199. The van der Waals surface area contributed by atoms with Crippen LogP contribution in [0.1, 0.15) is 23.3 Å². The molecular weight excluding hydrogens is 378 g/mol. The number of amides is 1. The van der Waals surface area contributed by atoms with Crippen molar-refractivity contribution < 1.29 is 9.90 Å². The zero-order chi connectivity index (χ0) is 16.4. The van der Waals surface area contributed by atoms with Gasteiger partial charge >= 0.3 is 0 Å². The Kier molecular flexibility index (Phi) is 4.82. The predicted molar refractivity (Wildman–Crippen MR) is 94.4 cm³/mol. The zero-order valence-corrected chi connectivity index (χ0v) is 14.9. The van der Waals surface area contributed by atoms with Crippen molar-refractivity contribution in [3.05, 3.63) is 45.4 Å². The molecule has 3 rings (SSSR count). The Morgan fingerprint density at radius 1 is 1.52 bits per heavy atom. The number of anilines is 1. The quantitative estimate of drug-likeness (QED) is 0.725. The average molecular weight is 396 g/mol. The second-order valence-electron chi connectivity index (χ2n) is 5.96. The molecule has 0 spiro atoms. The van der Waals surface area contributed by atoms with Crippen molar-refractivity contribution in [1.29, 1.82) is 0 Å². The number of nitrogens with one attached hydrogen (secondary N) is 1. The molecule has 23 heavy (non-hydrogen) atoms. The van der Waals surface area contributed by atoms with Gasteiger partial charge in [-0.2, -0.15) is 0 Å². The van der Waals surface area contributed by atoms with E-state index in [-0.39, 0.29) is 18.4 Å². The molecule has 5 nitrogen and oxygen atoms in total. The number of hydrogen-bond acceptors (Lipinski definition) is 5. The second-order valence-corrected chi connectivity index (χ2v) is 7.99. The van der Waals surface area contributed by atoms with Crippen LogP contribution in [0.25, 0.3) is 0 Å². The summed E-state index contributed by atoms with van der Waals surface area (Å²) in [5, 5.41) is 13.3. The van der Waals surface area contributed by atoms with E-state index >= 15 is 0 Å². The van der Waals surface area contributed by atoms with Gasteiger partial charge in [-0.05, 0) is 30.5 Å². The van der Waals surface area contributed by atoms with Gasteiger partial charge in [0.15, 0.2) is 5.13 Å². The molecule has 1 aliphatic rings. The summed E-state index contributed by atoms with van der Waals surface area (Å²) in [6, 6.07) is 8.12. The summed E-state index contributed by atoms with van der Waals surface area (Å²) in [7, 11) is 0. The van der Waals surface area contributed by atoms with Gasteiger partial charge in [-0.1, -0.05) is 28.1 Å².